The van der Waals surface area contributed by atoms with E-state index < -0.39 is 10.1 Å². The van der Waals surface area contributed by atoms with Crippen molar-refractivity contribution in [2.24, 2.45) is 0 Å². The first kappa shape index (κ1) is 14.1. The minimum atomic E-state index is -3.94. The fourth-order valence-corrected chi connectivity index (χ4v) is 3.38. The molecule has 0 spiro atoms. The monoisotopic (exact) mass is 303 g/mol. The molecule has 1 aliphatic rings. The molecule has 110 valence electrons. The summed E-state index contributed by atoms with van der Waals surface area (Å²) in [6, 6.07) is 14.4. The first-order chi connectivity index (χ1) is 9.96. The average molecular weight is 303 g/mol. The lowest BCUT2D eigenvalue weighted by Gasteiger charge is -2.21. The maximum absolute atomic E-state index is 10.9. The number of nitrogens with zero attached hydrogens (tertiary/aromatic N) is 1. The summed E-state index contributed by atoms with van der Waals surface area (Å²) >= 11 is 0. The largest absolute Gasteiger partial charge is 0.373 e. The minimum absolute atomic E-state index is 0.264. The van der Waals surface area contributed by atoms with Crippen molar-refractivity contribution in [2.45, 2.75) is 6.42 Å². The van der Waals surface area contributed by atoms with Crippen molar-refractivity contribution in [1.29, 1.82) is 0 Å². The van der Waals surface area contributed by atoms with Crippen LogP contribution in [0.5, 0.6) is 0 Å². The lowest BCUT2D eigenvalue weighted by molar-refractivity contribution is 0.483. The summed E-state index contributed by atoms with van der Waals surface area (Å²) in [4.78, 5) is 1.89. The third kappa shape index (κ3) is 2.80. The van der Waals surface area contributed by atoms with Gasteiger partial charge in [0.1, 0.15) is 0 Å². The molecule has 21 heavy (non-hydrogen) atoms. The molecule has 2 aromatic rings. The van der Waals surface area contributed by atoms with Gasteiger partial charge in [-0.3, -0.25) is 4.55 Å². The second-order valence-electron chi connectivity index (χ2n) is 5.34. The van der Waals surface area contributed by atoms with Gasteiger partial charge >= 0.3 is 0 Å². The fourth-order valence-electron chi connectivity index (χ4n) is 2.87. The summed E-state index contributed by atoms with van der Waals surface area (Å²) in [5.74, 6) is -0.264. The second-order valence-corrected chi connectivity index (χ2v) is 6.92. The predicted octanol–water partition coefficient (Wildman–Crippen LogP) is 2.58. The third-order valence-electron chi connectivity index (χ3n) is 3.92. The van der Waals surface area contributed by atoms with Crippen molar-refractivity contribution < 1.29 is 13.0 Å². The van der Waals surface area contributed by atoms with Gasteiger partial charge in [-0.05, 0) is 28.3 Å². The number of benzene rings is 2. The van der Waals surface area contributed by atoms with Crippen molar-refractivity contribution >= 4 is 15.8 Å². The molecule has 0 bridgehead atoms. The van der Waals surface area contributed by atoms with Crippen LogP contribution in [0.15, 0.2) is 42.5 Å². The first-order valence-corrected chi connectivity index (χ1v) is 8.43. The summed E-state index contributed by atoms with van der Waals surface area (Å²) in [5, 5.41) is 0. The zero-order valence-corrected chi connectivity index (χ0v) is 12.6. The highest BCUT2D eigenvalue weighted by Gasteiger charge is 2.22. The Morgan fingerprint density at radius 3 is 2.57 bits per heavy atom. The van der Waals surface area contributed by atoms with Gasteiger partial charge in [-0.25, -0.2) is 0 Å². The van der Waals surface area contributed by atoms with Crippen molar-refractivity contribution in [3.63, 3.8) is 0 Å². The van der Waals surface area contributed by atoms with E-state index in [1.165, 1.54) is 22.3 Å². The second kappa shape index (κ2) is 5.16. The van der Waals surface area contributed by atoms with Crippen LogP contribution in [0.25, 0.3) is 11.1 Å². The highest BCUT2D eigenvalue weighted by molar-refractivity contribution is 7.85. The maximum Gasteiger partial charge on any atom is 0.266 e. The molecule has 0 unspecified atom stereocenters. The fraction of sp³-hybridized carbons (Fsp3) is 0.250. The molecule has 0 atom stereocenters. The minimum Gasteiger partial charge on any atom is -0.373 e. The molecule has 5 heteroatoms. The van der Waals surface area contributed by atoms with Gasteiger partial charge in [0.25, 0.3) is 10.1 Å². The lowest BCUT2D eigenvalue weighted by atomic mass is 10.0. The van der Waals surface area contributed by atoms with E-state index in [4.69, 9.17) is 4.55 Å². The molecule has 0 aromatic heterocycles. The number of hydrogen-bond acceptors (Lipinski definition) is 3. The molecule has 0 saturated carbocycles. The van der Waals surface area contributed by atoms with Crippen LogP contribution in [0.4, 0.5) is 5.69 Å². The molecular weight excluding hydrogens is 286 g/mol. The van der Waals surface area contributed by atoms with Gasteiger partial charge in [0.05, 0.1) is 5.75 Å². The van der Waals surface area contributed by atoms with Crippen LogP contribution in [-0.2, 0) is 16.5 Å². The van der Waals surface area contributed by atoms with Crippen LogP contribution in [0.3, 0.4) is 0 Å². The SMILES string of the molecule is CN(CCS(=O)(=O)O)c1cccc2c1Cc1ccccc1-2. The molecular formula is C16H17NO3S. The molecule has 0 aliphatic heterocycles. The highest BCUT2D eigenvalue weighted by Crippen LogP contribution is 2.40. The molecule has 2 aromatic carbocycles. The van der Waals surface area contributed by atoms with Gasteiger partial charge in [0, 0.05) is 25.7 Å². The summed E-state index contributed by atoms with van der Waals surface area (Å²) in [6.07, 6.45) is 0.859. The maximum atomic E-state index is 10.9. The topological polar surface area (TPSA) is 57.6 Å². The van der Waals surface area contributed by atoms with Gasteiger partial charge in [0.2, 0.25) is 0 Å². The first-order valence-electron chi connectivity index (χ1n) is 6.82. The zero-order chi connectivity index (χ0) is 15.0. The van der Waals surface area contributed by atoms with Crippen LogP contribution < -0.4 is 4.90 Å². The number of fused-ring (bicyclic) bond motifs is 3. The van der Waals surface area contributed by atoms with E-state index in [0.717, 1.165) is 12.1 Å². The van der Waals surface area contributed by atoms with Gasteiger partial charge in [0.15, 0.2) is 0 Å². The molecule has 1 N–H and O–H groups in total. The molecule has 0 heterocycles. The van der Waals surface area contributed by atoms with E-state index in [2.05, 4.69) is 18.2 Å². The Kier molecular flexibility index (Phi) is 3.47. The van der Waals surface area contributed by atoms with E-state index in [9.17, 15) is 8.42 Å². The zero-order valence-electron chi connectivity index (χ0n) is 11.8. The number of anilines is 1. The smallest absolute Gasteiger partial charge is 0.266 e. The van der Waals surface area contributed by atoms with Crippen molar-refractivity contribution in [3.05, 3.63) is 53.6 Å². The average Bonchev–Trinajstić information content (AvgIpc) is 2.82. The van der Waals surface area contributed by atoms with Gasteiger partial charge in [-0.15, -0.1) is 0 Å². The summed E-state index contributed by atoms with van der Waals surface area (Å²) in [5.41, 5.74) is 5.99. The Balaban J connectivity index is 1.93. The van der Waals surface area contributed by atoms with E-state index in [0.29, 0.717) is 0 Å². The van der Waals surface area contributed by atoms with Crippen molar-refractivity contribution in [3.8, 4) is 11.1 Å². The van der Waals surface area contributed by atoms with Crippen LogP contribution in [-0.4, -0.2) is 32.3 Å². The standard InChI is InChI=1S/C16H17NO3S/c1-17(9-10-21(18,19)20)16-8-4-7-14-13-6-3-2-5-12(13)11-15(14)16/h2-8H,9-11H2,1H3,(H,18,19,20). The highest BCUT2D eigenvalue weighted by atomic mass is 32.2. The summed E-state index contributed by atoms with van der Waals surface area (Å²) < 4.78 is 30.7. The Hall–Kier alpha value is -1.85. The van der Waals surface area contributed by atoms with Crippen molar-refractivity contribution in [1.82, 2.24) is 0 Å². The summed E-state index contributed by atoms with van der Waals surface area (Å²) in [7, 11) is -2.09. The Morgan fingerprint density at radius 2 is 1.81 bits per heavy atom. The van der Waals surface area contributed by atoms with E-state index in [-0.39, 0.29) is 12.3 Å². The van der Waals surface area contributed by atoms with Crippen LogP contribution in [0, 0.1) is 0 Å². The molecule has 4 nitrogen and oxygen atoms in total. The molecule has 0 radical (unpaired) electrons. The molecule has 0 fully saturated rings. The van der Waals surface area contributed by atoms with E-state index in [1.807, 2.05) is 36.2 Å². The van der Waals surface area contributed by atoms with Gasteiger partial charge in [-0.1, -0.05) is 36.4 Å². The lowest BCUT2D eigenvalue weighted by Crippen LogP contribution is -2.25. The Bertz CT molecular complexity index is 784. The van der Waals surface area contributed by atoms with E-state index >= 15 is 0 Å². The van der Waals surface area contributed by atoms with Crippen molar-refractivity contribution in [2.75, 3.05) is 24.2 Å². The van der Waals surface area contributed by atoms with Crippen LogP contribution >= 0.6 is 0 Å². The molecule has 3 rings (SSSR count). The number of hydrogen-bond donors (Lipinski definition) is 1. The van der Waals surface area contributed by atoms with Gasteiger partial charge < -0.3 is 4.90 Å². The summed E-state index contributed by atoms with van der Waals surface area (Å²) in [6.45, 7) is 0.269. The molecule has 1 aliphatic carbocycles. The van der Waals surface area contributed by atoms with E-state index in [1.54, 1.807) is 0 Å². The number of rotatable bonds is 4. The molecule has 0 amide bonds. The third-order valence-corrected chi connectivity index (χ3v) is 4.62. The van der Waals surface area contributed by atoms with Crippen LogP contribution in [0.1, 0.15) is 11.1 Å². The van der Waals surface area contributed by atoms with Crippen LogP contribution in [0.2, 0.25) is 0 Å². The van der Waals surface area contributed by atoms with Gasteiger partial charge in [-0.2, -0.15) is 8.42 Å². The Morgan fingerprint density at radius 1 is 1.10 bits per heavy atom. The predicted molar refractivity (Wildman–Crippen MR) is 84.4 cm³/mol. The quantitative estimate of drug-likeness (QED) is 0.753. The normalized spacial score (nSPS) is 12.9. The Labute approximate surface area is 124 Å². The molecule has 0 saturated heterocycles.